The Morgan fingerprint density at radius 1 is 1.41 bits per heavy atom. The van der Waals surface area contributed by atoms with Gasteiger partial charge in [-0.2, -0.15) is 0 Å². The minimum atomic E-state index is -0.155. The first-order valence-electron chi connectivity index (χ1n) is 8.00. The maximum atomic E-state index is 12.6. The van der Waals surface area contributed by atoms with Crippen molar-refractivity contribution in [3.63, 3.8) is 0 Å². The topological polar surface area (TPSA) is 55.1 Å². The van der Waals surface area contributed by atoms with Gasteiger partial charge in [-0.1, -0.05) is 26.2 Å². The van der Waals surface area contributed by atoms with Gasteiger partial charge < -0.3 is 9.73 Å². The summed E-state index contributed by atoms with van der Waals surface area (Å²) in [5.74, 6) is 0.974. The number of amides is 1. The van der Waals surface area contributed by atoms with Crippen LogP contribution in [0.1, 0.15) is 51.1 Å². The van der Waals surface area contributed by atoms with Crippen LogP contribution in [0.2, 0.25) is 0 Å². The van der Waals surface area contributed by atoms with E-state index in [1.807, 2.05) is 17.5 Å². The highest BCUT2D eigenvalue weighted by Crippen LogP contribution is 2.39. The predicted octanol–water partition coefficient (Wildman–Crippen LogP) is 4.38. The lowest BCUT2D eigenvalue weighted by Gasteiger charge is -2.34. The zero-order chi connectivity index (χ0) is 15.4. The third-order valence-electron chi connectivity index (χ3n) is 4.68. The van der Waals surface area contributed by atoms with Gasteiger partial charge in [-0.15, -0.1) is 11.3 Å². The van der Waals surface area contributed by atoms with Crippen LogP contribution < -0.4 is 5.32 Å². The second-order valence-corrected chi connectivity index (χ2v) is 6.86. The summed E-state index contributed by atoms with van der Waals surface area (Å²) in [5, 5.41) is 5.94. The molecule has 0 radical (unpaired) electrons. The zero-order valence-corrected chi connectivity index (χ0v) is 13.7. The Morgan fingerprint density at radius 3 is 2.91 bits per heavy atom. The summed E-state index contributed by atoms with van der Waals surface area (Å²) in [7, 11) is 0. The summed E-state index contributed by atoms with van der Waals surface area (Å²) in [6.07, 6.45) is 8.20. The highest BCUT2D eigenvalue weighted by Gasteiger charge is 2.37. The Bertz CT molecular complexity index is 612. The van der Waals surface area contributed by atoms with E-state index in [9.17, 15) is 4.79 Å². The molecule has 2 aromatic rings. The van der Waals surface area contributed by atoms with Gasteiger partial charge in [0.05, 0.1) is 18.5 Å². The van der Waals surface area contributed by atoms with Gasteiger partial charge in [-0.25, -0.2) is 4.98 Å². The molecule has 0 aromatic carbocycles. The first-order valence-corrected chi connectivity index (χ1v) is 8.88. The van der Waals surface area contributed by atoms with Crippen molar-refractivity contribution in [3.05, 3.63) is 29.5 Å². The van der Waals surface area contributed by atoms with Gasteiger partial charge >= 0.3 is 0 Å². The van der Waals surface area contributed by atoms with E-state index in [0.717, 1.165) is 35.7 Å². The molecule has 0 unspecified atom stereocenters. The van der Waals surface area contributed by atoms with Gasteiger partial charge in [0.25, 0.3) is 0 Å². The standard InChI is InChI=1S/C17H22N2O2S/c1-2-17(8-4-3-5-9-17)16(20)18-11-13-12-22-15(19-13)14-7-6-10-21-14/h6-7,10,12H,2-5,8-9,11H2,1H3,(H,18,20). The minimum absolute atomic E-state index is 0.155. The summed E-state index contributed by atoms with van der Waals surface area (Å²) in [6, 6.07) is 3.75. The van der Waals surface area contributed by atoms with E-state index in [1.54, 1.807) is 17.6 Å². The Labute approximate surface area is 134 Å². The molecule has 1 N–H and O–H groups in total. The molecule has 1 fully saturated rings. The first-order chi connectivity index (χ1) is 10.7. The van der Waals surface area contributed by atoms with Gasteiger partial charge in [-0.05, 0) is 31.4 Å². The number of carbonyl (C=O) groups is 1. The van der Waals surface area contributed by atoms with E-state index in [-0.39, 0.29) is 11.3 Å². The number of hydrogen-bond donors (Lipinski definition) is 1. The molecular weight excluding hydrogens is 296 g/mol. The van der Waals surface area contributed by atoms with Crippen molar-refractivity contribution in [2.45, 2.75) is 52.0 Å². The highest BCUT2D eigenvalue weighted by molar-refractivity contribution is 7.13. The normalized spacial score (nSPS) is 17.3. The lowest BCUT2D eigenvalue weighted by molar-refractivity contribution is -0.133. The smallest absolute Gasteiger partial charge is 0.226 e. The maximum absolute atomic E-state index is 12.6. The summed E-state index contributed by atoms with van der Waals surface area (Å²) in [5.41, 5.74) is 0.741. The number of furan rings is 1. The lowest BCUT2D eigenvalue weighted by atomic mass is 9.71. The van der Waals surface area contributed by atoms with Gasteiger partial charge in [-0.3, -0.25) is 4.79 Å². The van der Waals surface area contributed by atoms with Crippen LogP contribution in [0.4, 0.5) is 0 Å². The summed E-state index contributed by atoms with van der Waals surface area (Å²) < 4.78 is 5.35. The first kappa shape index (κ1) is 15.3. The molecule has 3 rings (SSSR count). The van der Waals surface area contributed by atoms with Crippen LogP contribution in [0.5, 0.6) is 0 Å². The number of thiazole rings is 1. The summed E-state index contributed by atoms with van der Waals surface area (Å²) in [4.78, 5) is 17.1. The molecule has 1 aliphatic carbocycles. The molecule has 0 bridgehead atoms. The van der Waals surface area contributed by atoms with Crippen LogP contribution >= 0.6 is 11.3 Å². The maximum Gasteiger partial charge on any atom is 0.226 e. The van der Waals surface area contributed by atoms with E-state index in [0.29, 0.717) is 6.54 Å². The SMILES string of the molecule is CCC1(C(=O)NCc2csc(-c3ccco3)n2)CCCCC1. The van der Waals surface area contributed by atoms with E-state index >= 15 is 0 Å². The number of rotatable bonds is 5. The fraction of sp³-hybridized carbons (Fsp3) is 0.529. The van der Waals surface area contributed by atoms with Crippen LogP contribution in [0.25, 0.3) is 10.8 Å². The number of aromatic nitrogens is 1. The molecule has 1 aliphatic rings. The molecule has 2 aromatic heterocycles. The fourth-order valence-electron chi connectivity index (χ4n) is 3.23. The lowest BCUT2D eigenvalue weighted by Crippen LogP contribution is -2.41. The molecule has 22 heavy (non-hydrogen) atoms. The highest BCUT2D eigenvalue weighted by atomic mass is 32.1. The van der Waals surface area contributed by atoms with E-state index in [2.05, 4.69) is 17.2 Å². The molecule has 0 spiro atoms. The van der Waals surface area contributed by atoms with Crippen molar-refractivity contribution < 1.29 is 9.21 Å². The van der Waals surface area contributed by atoms with Crippen LogP contribution in [0, 0.1) is 5.41 Å². The third-order valence-corrected chi connectivity index (χ3v) is 5.59. The van der Waals surface area contributed by atoms with Crippen molar-refractivity contribution in [2.75, 3.05) is 0 Å². The predicted molar refractivity (Wildman–Crippen MR) is 87.5 cm³/mol. The van der Waals surface area contributed by atoms with Crippen molar-refractivity contribution in [1.29, 1.82) is 0 Å². The molecule has 1 amide bonds. The van der Waals surface area contributed by atoms with Crippen LogP contribution in [0.3, 0.4) is 0 Å². The van der Waals surface area contributed by atoms with Gasteiger partial charge in [0.15, 0.2) is 10.8 Å². The van der Waals surface area contributed by atoms with Crippen molar-refractivity contribution >= 4 is 17.2 Å². The average molecular weight is 318 g/mol. The number of hydrogen-bond acceptors (Lipinski definition) is 4. The van der Waals surface area contributed by atoms with Crippen LogP contribution in [-0.4, -0.2) is 10.9 Å². The quantitative estimate of drug-likeness (QED) is 0.890. The van der Waals surface area contributed by atoms with Crippen molar-refractivity contribution in [2.24, 2.45) is 5.41 Å². The average Bonchev–Trinajstić information content (AvgIpc) is 3.24. The molecule has 1 saturated carbocycles. The van der Waals surface area contributed by atoms with Crippen molar-refractivity contribution in [1.82, 2.24) is 10.3 Å². The van der Waals surface area contributed by atoms with Crippen LogP contribution in [-0.2, 0) is 11.3 Å². The Hall–Kier alpha value is -1.62. The molecular formula is C17H22N2O2S. The Morgan fingerprint density at radius 2 is 2.23 bits per heavy atom. The third kappa shape index (κ3) is 3.09. The van der Waals surface area contributed by atoms with E-state index in [1.165, 1.54) is 19.3 Å². The van der Waals surface area contributed by atoms with Crippen molar-refractivity contribution in [3.8, 4) is 10.8 Å². The monoisotopic (exact) mass is 318 g/mol. The Balaban J connectivity index is 1.61. The molecule has 2 heterocycles. The summed E-state index contributed by atoms with van der Waals surface area (Å²) in [6.45, 7) is 2.63. The van der Waals surface area contributed by atoms with Gasteiger partial charge in [0, 0.05) is 10.8 Å². The number of carbonyl (C=O) groups excluding carboxylic acids is 1. The van der Waals surface area contributed by atoms with Crippen LogP contribution in [0.15, 0.2) is 28.2 Å². The second kappa shape index (κ2) is 6.65. The van der Waals surface area contributed by atoms with Gasteiger partial charge in [0.1, 0.15) is 0 Å². The van der Waals surface area contributed by atoms with E-state index in [4.69, 9.17) is 4.42 Å². The molecule has 118 valence electrons. The molecule has 0 aliphatic heterocycles. The minimum Gasteiger partial charge on any atom is -0.462 e. The molecule has 0 atom stereocenters. The fourth-order valence-corrected chi connectivity index (χ4v) is 4.02. The summed E-state index contributed by atoms with van der Waals surface area (Å²) >= 11 is 1.54. The second-order valence-electron chi connectivity index (χ2n) is 6.00. The number of nitrogens with one attached hydrogen (secondary N) is 1. The molecule has 0 saturated heterocycles. The largest absolute Gasteiger partial charge is 0.462 e. The molecule has 4 nitrogen and oxygen atoms in total. The number of nitrogens with zero attached hydrogens (tertiary/aromatic N) is 1. The zero-order valence-electron chi connectivity index (χ0n) is 12.9. The Kier molecular flexibility index (Phi) is 4.62. The molecule has 5 heteroatoms. The van der Waals surface area contributed by atoms with E-state index < -0.39 is 0 Å². The van der Waals surface area contributed by atoms with Gasteiger partial charge in [0.2, 0.25) is 5.91 Å².